The molecule has 0 radical (unpaired) electrons. The van der Waals surface area contributed by atoms with Crippen molar-refractivity contribution in [2.24, 2.45) is 10.9 Å². The van der Waals surface area contributed by atoms with Crippen LogP contribution in [0.25, 0.3) is 0 Å². The van der Waals surface area contributed by atoms with E-state index in [1.54, 1.807) is 36.4 Å². The van der Waals surface area contributed by atoms with Crippen molar-refractivity contribution in [3.8, 4) is 0 Å². The summed E-state index contributed by atoms with van der Waals surface area (Å²) in [6.07, 6.45) is 0. The van der Waals surface area contributed by atoms with E-state index in [0.29, 0.717) is 26.9 Å². The maximum atomic E-state index is 12.2. The first-order valence-corrected chi connectivity index (χ1v) is 6.61. The number of amidine groups is 1. The van der Waals surface area contributed by atoms with Crippen LogP contribution in [0, 0.1) is 0 Å². The third-order valence-electron chi connectivity index (χ3n) is 2.72. The van der Waals surface area contributed by atoms with Gasteiger partial charge in [0.2, 0.25) is 0 Å². The molecule has 0 aliphatic heterocycles. The number of oxime groups is 1. The van der Waals surface area contributed by atoms with E-state index in [1.807, 2.05) is 0 Å². The highest BCUT2D eigenvalue weighted by molar-refractivity contribution is 6.31. The van der Waals surface area contributed by atoms with Gasteiger partial charge in [-0.25, -0.2) is 0 Å². The molecule has 0 fully saturated rings. The van der Waals surface area contributed by atoms with Gasteiger partial charge in [-0.05, 0) is 42.5 Å². The van der Waals surface area contributed by atoms with Crippen molar-refractivity contribution in [1.29, 1.82) is 0 Å². The molecular weight excluding hydrogens is 313 g/mol. The Morgan fingerprint density at radius 3 is 2.33 bits per heavy atom. The number of hydrogen-bond donors (Lipinski definition) is 3. The molecule has 4 N–H and O–H groups in total. The van der Waals surface area contributed by atoms with Crippen LogP contribution in [-0.2, 0) is 0 Å². The van der Waals surface area contributed by atoms with Gasteiger partial charge in [-0.1, -0.05) is 28.4 Å². The first-order valence-electron chi connectivity index (χ1n) is 5.85. The highest BCUT2D eigenvalue weighted by Crippen LogP contribution is 2.22. The van der Waals surface area contributed by atoms with Gasteiger partial charge in [0.25, 0.3) is 5.91 Å². The smallest absolute Gasteiger partial charge is 0.255 e. The van der Waals surface area contributed by atoms with E-state index in [1.165, 1.54) is 6.07 Å². The average Bonchev–Trinajstić information content (AvgIpc) is 2.47. The fourth-order valence-corrected chi connectivity index (χ4v) is 1.99. The fourth-order valence-electron chi connectivity index (χ4n) is 1.69. The summed E-state index contributed by atoms with van der Waals surface area (Å²) in [5.74, 6) is -0.487. The molecule has 21 heavy (non-hydrogen) atoms. The van der Waals surface area contributed by atoms with Crippen LogP contribution in [0.1, 0.15) is 15.9 Å². The Hall–Kier alpha value is -2.24. The maximum absolute atomic E-state index is 12.2. The molecule has 108 valence electrons. The Morgan fingerprint density at radius 1 is 1.10 bits per heavy atom. The number of carbonyl (C=O) groups excluding carboxylic acids is 1. The number of nitrogens with two attached hydrogens (primary N) is 1. The summed E-state index contributed by atoms with van der Waals surface area (Å²) >= 11 is 11.7. The molecule has 0 aliphatic rings. The van der Waals surface area contributed by atoms with Gasteiger partial charge in [-0.2, -0.15) is 0 Å². The van der Waals surface area contributed by atoms with Crippen LogP contribution in [0.5, 0.6) is 0 Å². The number of carbonyl (C=O) groups is 1. The number of nitrogens with zero attached hydrogens (tertiary/aromatic N) is 1. The first kappa shape index (κ1) is 15.2. The second-order valence-corrected chi connectivity index (χ2v) is 5.01. The molecule has 0 saturated heterocycles. The van der Waals surface area contributed by atoms with E-state index in [2.05, 4.69) is 10.5 Å². The largest absolute Gasteiger partial charge is 0.409 e. The first-order chi connectivity index (χ1) is 10.0. The van der Waals surface area contributed by atoms with Crippen LogP contribution in [0.4, 0.5) is 5.69 Å². The Labute approximate surface area is 131 Å². The molecule has 0 saturated carbocycles. The van der Waals surface area contributed by atoms with E-state index in [-0.39, 0.29) is 11.7 Å². The van der Waals surface area contributed by atoms with Gasteiger partial charge in [0.05, 0.1) is 5.69 Å². The molecule has 2 aromatic carbocycles. The van der Waals surface area contributed by atoms with Gasteiger partial charge in [0.15, 0.2) is 5.84 Å². The molecule has 0 unspecified atom stereocenters. The van der Waals surface area contributed by atoms with Gasteiger partial charge in [-0.3, -0.25) is 4.79 Å². The molecule has 0 atom stereocenters. The Kier molecular flexibility index (Phi) is 4.67. The summed E-state index contributed by atoms with van der Waals surface area (Å²) in [5, 5.41) is 15.3. The molecule has 1 amide bonds. The zero-order chi connectivity index (χ0) is 15.4. The Balaban J connectivity index is 2.32. The molecule has 0 aromatic heterocycles. The standard InChI is InChI=1S/C14H11Cl2N3O2/c15-9-3-1-8(2-4-9)14(20)18-12-7-10(16)5-6-11(12)13(17)19-21/h1-7,21H,(H2,17,19)(H,18,20). The number of hydrogen-bond acceptors (Lipinski definition) is 3. The second-order valence-electron chi connectivity index (χ2n) is 4.14. The predicted octanol–water partition coefficient (Wildman–Crippen LogP) is 3.34. The quantitative estimate of drug-likeness (QED) is 0.350. The lowest BCUT2D eigenvalue weighted by atomic mass is 10.1. The van der Waals surface area contributed by atoms with Crippen molar-refractivity contribution >= 4 is 40.6 Å². The molecule has 7 heteroatoms. The van der Waals surface area contributed by atoms with Crippen molar-refractivity contribution in [2.45, 2.75) is 0 Å². The normalized spacial score (nSPS) is 11.2. The number of anilines is 1. The summed E-state index contributed by atoms with van der Waals surface area (Å²) < 4.78 is 0. The number of halogens is 2. The van der Waals surface area contributed by atoms with Crippen molar-refractivity contribution in [2.75, 3.05) is 5.32 Å². The lowest BCUT2D eigenvalue weighted by Crippen LogP contribution is -2.19. The monoisotopic (exact) mass is 323 g/mol. The van der Waals surface area contributed by atoms with Crippen molar-refractivity contribution < 1.29 is 10.0 Å². The van der Waals surface area contributed by atoms with Crippen LogP contribution < -0.4 is 11.1 Å². The average molecular weight is 324 g/mol. The minimum Gasteiger partial charge on any atom is -0.409 e. The number of benzene rings is 2. The van der Waals surface area contributed by atoms with Gasteiger partial charge in [0, 0.05) is 21.2 Å². The topological polar surface area (TPSA) is 87.7 Å². The van der Waals surface area contributed by atoms with Crippen LogP contribution in [0.3, 0.4) is 0 Å². The highest BCUT2D eigenvalue weighted by Gasteiger charge is 2.12. The fraction of sp³-hybridized carbons (Fsp3) is 0. The Morgan fingerprint density at radius 2 is 1.71 bits per heavy atom. The SMILES string of the molecule is NC(=NO)c1ccc(Cl)cc1NC(=O)c1ccc(Cl)cc1. The third-order valence-corrected chi connectivity index (χ3v) is 3.21. The van der Waals surface area contributed by atoms with E-state index in [0.717, 1.165) is 0 Å². The van der Waals surface area contributed by atoms with Crippen molar-refractivity contribution in [3.05, 3.63) is 63.6 Å². The number of nitrogens with one attached hydrogen (secondary N) is 1. The van der Waals surface area contributed by atoms with Crippen LogP contribution in [0.2, 0.25) is 10.0 Å². The third kappa shape index (κ3) is 3.65. The van der Waals surface area contributed by atoms with Crippen LogP contribution >= 0.6 is 23.2 Å². The van der Waals surface area contributed by atoms with Crippen molar-refractivity contribution in [1.82, 2.24) is 0 Å². The summed E-state index contributed by atoms with van der Waals surface area (Å²) in [6.45, 7) is 0. The lowest BCUT2D eigenvalue weighted by molar-refractivity contribution is 0.102. The number of rotatable bonds is 3. The summed E-state index contributed by atoms with van der Waals surface area (Å²) in [4.78, 5) is 12.2. The van der Waals surface area contributed by atoms with E-state index < -0.39 is 0 Å². The van der Waals surface area contributed by atoms with Gasteiger partial charge in [0.1, 0.15) is 0 Å². The van der Waals surface area contributed by atoms with Crippen molar-refractivity contribution in [3.63, 3.8) is 0 Å². The van der Waals surface area contributed by atoms with Gasteiger partial charge in [-0.15, -0.1) is 0 Å². The lowest BCUT2D eigenvalue weighted by Gasteiger charge is -2.10. The molecule has 0 bridgehead atoms. The zero-order valence-electron chi connectivity index (χ0n) is 10.7. The van der Waals surface area contributed by atoms with E-state index in [9.17, 15) is 4.79 Å². The van der Waals surface area contributed by atoms with E-state index in [4.69, 9.17) is 34.1 Å². The van der Waals surface area contributed by atoms with Crippen LogP contribution in [-0.4, -0.2) is 17.0 Å². The zero-order valence-corrected chi connectivity index (χ0v) is 12.2. The Bertz CT molecular complexity index is 700. The molecule has 0 spiro atoms. The van der Waals surface area contributed by atoms with Gasteiger partial charge < -0.3 is 16.3 Å². The molecule has 5 nitrogen and oxygen atoms in total. The summed E-state index contributed by atoms with van der Waals surface area (Å²) in [7, 11) is 0. The minimum atomic E-state index is -0.360. The highest BCUT2D eigenvalue weighted by atomic mass is 35.5. The molecular formula is C14H11Cl2N3O2. The molecule has 2 aromatic rings. The van der Waals surface area contributed by atoms with Gasteiger partial charge >= 0.3 is 0 Å². The summed E-state index contributed by atoms with van der Waals surface area (Å²) in [5.41, 5.74) is 6.70. The summed E-state index contributed by atoms with van der Waals surface area (Å²) in [6, 6.07) is 11.0. The molecule has 0 aliphatic carbocycles. The maximum Gasteiger partial charge on any atom is 0.255 e. The molecule has 2 rings (SSSR count). The molecule has 0 heterocycles. The predicted molar refractivity (Wildman–Crippen MR) is 83.4 cm³/mol. The second kappa shape index (κ2) is 6.47. The minimum absolute atomic E-state index is 0.127. The van der Waals surface area contributed by atoms with Crippen LogP contribution in [0.15, 0.2) is 47.6 Å². The van der Waals surface area contributed by atoms with E-state index >= 15 is 0 Å². The number of amides is 1.